The fourth-order valence-corrected chi connectivity index (χ4v) is 2.97. The highest BCUT2D eigenvalue weighted by atomic mass is 16.5. The average molecular weight is 313 g/mol. The van der Waals surface area contributed by atoms with Gasteiger partial charge in [-0.25, -0.2) is 0 Å². The van der Waals surface area contributed by atoms with Gasteiger partial charge in [-0.15, -0.1) is 0 Å². The number of amides is 1. The molecule has 0 aliphatic carbocycles. The maximum Gasteiger partial charge on any atom is 0.253 e. The molecule has 1 aromatic carbocycles. The van der Waals surface area contributed by atoms with E-state index in [9.17, 15) is 4.79 Å². The highest BCUT2D eigenvalue weighted by molar-refractivity contribution is 5.95. The molecule has 1 aromatic heterocycles. The number of carbonyl (C=O) groups excluding carboxylic acids is 1. The number of nitrogens with zero attached hydrogens (tertiary/aromatic N) is 2. The Morgan fingerprint density at radius 3 is 2.83 bits per heavy atom. The lowest BCUT2D eigenvalue weighted by Gasteiger charge is -2.11. The van der Waals surface area contributed by atoms with Crippen molar-refractivity contribution in [1.82, 2.24) is 9.78 Å². The highest BCUT2D eigenvalue weighted by Crippen LogP contribution is 2.23. The second-order valence-electron chi connectivity index (χ2n) is 6.12. The fraction of sp³-hybridized carbons (Fsp3) is 0.444. The third-order valence-electron chi connectivity index (χ3n) is 4.43. The van der Waals surface area contributed by atoms with E-state index >= 15 is 0 Å². The summed E-state index contributed by atoms with van der Waals surface area (Å²) in [4.78, 5) is 12.3. The Morgan fingerprint density at radius 1 is 1.35 bits per heavy atom. The van der Waals surface area contributed by atoms with Gasteiger partial charge in [-0.05, 0) is 44.7 Å². The molecule has 3 rings (SSSR count). The quantitative estimate of drug-likeness (QED) is 0.944. The normalized spacial score (nSPS) is 17.4. The maximum absolute atomic E-state index is 12.3. The third-order valence-corrected chi connectivity index (χ3v) is 4.43. The Kier molecular flexibility index (Phi) is 4.48. The molecule has 1 amide bonds. The Balaban J connectivity index is 1.79. The lowest BCUT2D eigenvalue weighted by molar-refractivity contribution is -0.124. The SMILES string of the molecule is Cc1ccccc1Cn1nc(C)c(NC(=O)[C@H]2CCCO2)c1C. The van der Waals surface area contributed by atoms with Gasteiger partial charge in [-0.1, -0.05) is 24.3 Å². The maximum atomic E-state index is 12.3. The van der Waals surface area contributed by atoms with E-state index in [-0.39, 0.29) is 12.0 Å². The zero-order valence-electron chi connectivity index (χ0n) is 13.9. The van der Waals surface area contributed by atoms with Crippen LogP contribution in [0.3, 0.4) is 0 Å². The van der Waals surface area contributed by atoms with E-state index in [4.69, 9.17) is 4.74 Å². The first kappa shape index (κ1) is 15.7. The number of rotatable bonds is 4. The van der Waals surface area contributed by atoms with Gasteiger partial charge >= 0.3 is 0 Å². The molecule has 5 heteroatoms. The van der Waals surface area contributed by atoms with Gasteiger partial charge < -0.3 is 10.1 Å². The minimum absolute atomic E-state index is 0.0656. The molecular weight excluding hydrogens is 290 g/mol. The number of ether oxygens (including phenoxy) is 1. The molecule has 23 heavy (non-hydrogen) atoms. The smallest absolute Gasteiger partial charge is 0.253 e. The van der Waals surface area contributed by atoms with Gasteiger partial charge in [0, 0.05) is 6.61 Å². The van der Waals surface area contributed by atoms with Crippen molar-refractivity contribution in [3.63, 3.8) is 0 Å². The molecule has 0 unspecified atom stereocenters. The molecule has 0 radical (unpaired) electrons. The minimum Gasteiger partial charge on any atom is -0.368 e. The van der Waals surface area contributed by atoms with E-state index in [1.165, 1.54) is 11.1 Å². The van der Waals surface area contributed by atoms with Crippen LogP contribution in [0.25, 0.3) is 0 Å². The van der Waals surface area contributed by atoms with Crippen LogP contribution in [0.4, 0.5) is 5.69 Å². The van der Waals surface area contributed by atoms with Crippen LogP contribution < -0.4 is 5.32 Å². The molecule has 1 fully saturated rings. The summed E-state index contributed by atoms with van der Waals surface area (Å²) in [6.07, 6.45) is 1.41. The topological polar surface area (TPSA) is 56.2 Å². The zero-order chi connectivity index (χ0) is 16.4. The van der Waals surface area contributed by atoms with Crippen molar-refractivity contribution in [3.05, 3.63) is 46.8 Å². The predicted molar refractivity (Wildman–Crippen MR) is 89.6 cm³/mol. The van der Waals surface area contributed by atoms with E-state index in [1.54, 1.807) is 0 Å². The van der Waals surface area contributed by atoms with Gasteiger partial charge in [0.05, 0.1) is 23.6 Å². The molecule has 1 atom stereocenters. The van der Waals surface area contributed by atoms with Gasteiger partial charge in [0.1, 0.15) is 6.10 Å². The fourth-order valence-electron chi connectivity index (χ4n) is 2.97. The molecule has 2 aromatic rings. The Bertz CT molecular complexity index is 715. The van der Waals surface area contributed by atoms with Crippen molar-refractivity contribution in [2.45, 2.75) is 46.3 Å². The average Bonchev–Trinajstić information content (AvgIpc) is 3.14. The Labute approximate surface area is 136 Å². The number of aromatic nitrogens is 2. The summed E-state index contributed by atoms with van der Waals surface area (Å²) < 4.78 is 7.39. The predicted octanol–water partition coefficient (Wildman–Crippen LogP) is 2.97. The molecule has 1 N–H and O–H groups in total. The lowest BCUT2D eigenvalue weighted by Crippen LogP contribution is -2.27. The molecule has 0 bridgehead atoms. The summed E-state index contributed by atoms with van der Waals surface area (Å²) in [7, 11) is 0. The Morgan fingerprint density at radius 2 is 2.13 bits per heavy atom. The molecule has 0 spiro atoms. The summed E-state index contributed by atoms with van der Waals surface area (Å²) in [5.41, 5.74) is 5.08. The van der Waals surface area contributed by atoms with Crippen LogP contribution in [-0.4, -0.2) is 28.4 Å². The molecule has 2 heterocycles. The van der Waals surface area contributed by atoms with Gasteiger partial charge in [0.25, 0.3) is 5.91 Å². The van der Waals surface area contributed by atoms with E-state index in [2.05, 4.69) is 29.5 Å². The molecule has 1 saturated heterocycles. The largest absolute Gasteiger partial charge is 0.368 e. The number of hydrogen-bond acceptors (Lipinski definition) is 3. The van der Waals surface area contributed by atoms with Crippen molar-refractivity contribution >= 4 is 11.6 Å². The summed E-state index contributed by atoms with van der Waals surface area (Å²) in [5.74, 6) is -0.0656. The minimum atomic E-state index is -0.325. The van der Waals surface area contributed by atoms with Crippen LogP contribution in [0.15, 0.2) is 24.3 Å². The van der Waals surface area contributed by atoms with Crippen LogP contribution in [0.2, 0.25) is 0 Å². The number of aryl methyl sites for hydroxylation is 2. The van der Waals surface area contributed by atoms with Crippen molar-refractivity contribution in [3.8, 4) is 0 Å². The number of carbonyl (C=O) groups is 1. The molecule has 1 aliphatic heterocycles. The van der Waals surface area contributed by atoms with Crippen molar-refractivity contribution in [1.29, 1.82) is 0 Å². The highest BCUT2D eigenvalue weighted by Gasteiger charge is 2.25. The summed E-state index contributed by atoms with van der Waals surface area (Å²) in [5, 5.41) is 7.58. The number of nitrogens with one attached hydrogen (secondary N) is 1. The van der Waals surface area contributed by atoms with Crippen LogP contribution in [0.1, 0.15) is 35.4 Å². The lowest BCUT2D eigenvalue weighted by atomic mass is 10.1. The van der Waals surface area contributed by atoms with Gasteiger partial charge in [-0.2, -0.15) is 5.10 Å². The zero-order valence-corrected chi connectivity index (χ0v) is 13.9. The standard InChI is InChI=1S/C18H23N3O2/c1-12-7-4-5-8-15(12)11-21-14(3)17(13(2)20-21)19-18(22)16-9-6-10-23-16/h4-5,7-8,16H,6,9-11H2,1-3H3,(H,19,22)/t16-/m1/s1. The van der Waals surface area contributed by atoms with E-state index in [1.807, 2.05) is 30.7 Å². The number of anilines is 1. The second-order valence-corrected chi connectivity index (χ2v) is 6.12. The van der Waals surface area contributed by atoms with E-state index in [0.717, 1.165) is 29.9 Å². The number of benzene rings is 1. The van der Waals surface area contributed by atoms with Crippen molar-refractivity contribution < 1.29 is 9.53 Å². The molecular formula is C18H23N3O2. The van der Waals surface area contributed by atoms with Crippen LogP contribution in [-0.2, 0) is 16.1 Å². The first-order chi connectivity index (χ1) is 11.1. The van der Waals surface area contributed by atoms with Crippen LogP contribution >= 0.6 is 0 Å². The van der Waals surface area contributed by atoms with E-state index < -0.39 is 0 Å². The van der Waals surface area contributed by atoms with Gasteiger partial charge in [0.15, 0.2) is 0 Å². The van der Waals surface area contributed by atoms with E-state index in [0.29, 0.717) is 13.2 Å². The Hall–Kier alpha value is -2.14. The summed E-state index contributed by atoms with van der Waals surface area (Å²) in [6, 6.07) is 8.28. The van der Waals surface area contributed by atoms with Crippen LogP contribution in [0, 0.1) is 20.8 Å². The van der Waals surface area contributed by atoms with Crippen LogP contribution in [0.5, 0.6) is 0 Å². The monoisotopic (exact) mass is 313 g/mol. The van der Waals surface area contributed by atoms with Gasteiger partial charge in [0.2, 0.25) is 0 Å². The summed E-state index contributed by atoms with van der Waals surface area (Å²) in [6.45, 7) is 7.38. The third kappa shape index (κ3) is 3.29. The van der Waals surface area contributed by atoms with Gasteiger partial charge in [-0.3, -0.25) is 9.48 Å². The molecule has 122 valence electrons. The summed E-state index contributed by atoms with van der Waals surface area (Å²) >= 11 is 0. The van der Waals surface area contributed by atoms with Crippen molar-refractivity contribution in [2.24, 2.45) is 0 Å². The molecule has 5 nitrogen and oxygen atoms in total. The van der Waals surface area contributed by atoms with Crippen molar-refractivity contribution in [2.75, 3.05) is 11.9 Å². The second kappa shape index (κ2) is 6.54. The molecule has 1 aliphatic rings. The first-order valence-corrected chi connectivity index (χ1v) is 8.07. The first-order valence-electron chi connectivity index (χ1n) is 8.07. The molecule has 0 saturated carbocycles. The number of hydrogen-bond donors (Lipinski definition) is 1.